The van der Waals surface area contributed by atoms with E-state index in [4.69, 9.17) is 5.26 Å². The van der Waals surface area contributed by atoms with Crippen molar-refractivity contribution in [1.82, 2.24) is 10.0 Å². The van der Waals surface area contributed by atoms with Crippen LogP contribution in [0.5, 0.6) is 0 Å². The Bertz CT molecular complexity index is 629. The molecular formula is C15H21N3O3S. The van der Waals surface area contributed by atoms with Crippen molar-refractivity contribution in [2.45, 2.75) is 44.0 Å². The van der Waals surface area contributed by atoms with Crippen molar-refractivity contribution in [1.29, 1.82) is 5.26 Å². The Kier molecular flexibility index (Phi) is 7.02. The molecular weight excluding hydrogens is 302 g/mol. The van der Waals surface area contributed by atoms with Crippen molar-refractivity contribution in [3.8, 4) is 6.07 Å². The Morgan fingerprint density at radius 3 is 2.32 bits per heavy atom. The number of hydrogen-bond acceptors (Lipinski definition) is 4. The summed E-state index contributed by atoms with van der Waals surface area (Å²) >= 11 is 0. The van der Waals surface area contributed by atoms with E-state index in [1.165, 1.54) is 24.3 Å². The van der Waals surface area contributed by atoms with Crippen LogP contribution in [0.2, 0.25) is 0 Å². The van der Waals surface area contributed by atoms with Gasteiger partial charge in [-0.05, 0) is 37.1 Å². The number of carbonyl (C=O) groups excluding carboxylic acids is 1. The Morgan fingerprint density at radius 2 is 1.82 bits per heavy atom. The number of rotatable bonds is 8. The van der Waals surface area contributed by atoms with Crippen LogP contribution in [0.15, 0.2) is 29.2 Å². The molecule has 0 radical (unpaired) electrons. The maximum atomic E-state index is 12.0. The fourth-order valence-electron chi connectivity index (χ4n) is 1.87. The molecule has 120 valence electrons. The number of amides is 1. The second-order valence-corrected chi connectivity index (χ2v) is 6.58. The molecule has 0 saturated carbocycles. The molecule has 0 aliphatic carbocycles. The van der Waals surface area contributed by atoms with Crippen molar-refractivity contribution in [3.63, 3.8) is 0 Å². The van der Waals surface area contributed by atoms with E-state index in [0.29, 0.717) is 5.56 Å². The molecule has 1 aromatic carbocycles. The van der Waals surface area contributed by atoms with E-state index in [1.54, 1.807) is 0 Å². The first kappa shape index (κ1) is 18.1. The van der Waals surface area contributed by atoms with Crippen molar-refractivity contribution < 1.29 is 13.2 Å². The van der Waals surface area contributed by atoms with Crippen LogP contribution in [0.4, 0.5) is 0 Å². The summed E-state index contributed by atoms with van der Waals surface area (Å²) in [6.07, 6.45) is 1.80. The van der Waals surface area contributed by atoms with Crippen molar-refractivity contribution in [3.05, 3.63) is 29.8 Å². The summed E-state index contributed by atoms with van der Waals surface area (Å²) in [5.74, 6) is -0.213. The quantitative estimate of drug-likeness (QED) is 0.712. The lowest BCUT2D eigenvalue weighted by molar-refractivity contribution is 0.0934. The van der Waals surface area contributed by atoms with E-state index in [9.17, 15) is 13.2 Å². The van der Waals surface area contributed by atoms with Gasteiger partial charge in [-0.1, -0.05) is 13.8 Å². The molecule has 0 atom stereocenters. The minimum Gasteiger partial charge on any atom is -0.349 e. The SMILES string of the molecule is CCC(CC)NC(=O)c1ccc(S(=O)(=O)NCCC#N)cc1. The van der Waals surface area contributed by atoms with E-state index < -0.39 is 10.0 Å². The number of sulfonamides is 1. The lowest BCUT2D eigenvalue weighted by Gasteiger charge is -2.14. The van der Waals surface area contributed by atoms with Crippen LogP contribution in [0.1, 0.15) is 43.5 Å². The molecule has 1 rings (SSSR count). The molecule has 0 heterocycles. The summed E-state index contributed by atoms with van der Waals surface area (Å²) < 4.78 is 26.2. The van der Waals surface area contributed by atoms with Gasteiger partial charge in [-0.3, -0.25) is 4.79 Å². The average molecular weight is 323 g/mol. The normalized spacial score (nSPS) is 11.2. The van der Waals surface area contributed by atoms with Crippen LogP contribution in [0.25, 0.3) is 0 Å². The molecule has 0 aliphatic heterocycles. The first-order chi connectivity index (χ1) is 10.4. The molecule has 2 N–H and O–H groups in total. The smallest absolute Gasteiger partial charge is 0.251 e. The Morgan fingerprint density at radius 1 is 1.23 bits per heavy atom. The lowest BCUT2D eigenvalue weighted by Crippen LogP contribution is -2.33. The molecule has 0 saturated heterocycles. The Labute approximate surface area is 131 Å². The summed E-state index contributed by atoms with van der Waals surface area (Å²) in [6, 6.07) is 7.72. The highest BCUT2D eigenvalue weighted by Crippen LogP contribution is 2.11. The van der Waals surface area contributed by atoms with Gasteiger partial charge in [-0.15, -0.1) is 0 Å². The van der Waals surface area contributed by atoms with Crippen molar-refractivity contribution in [2.75, 3.05) is 6.54 Å². The molecule has 0 bridgehead atoms. The zero-order valence-corrected chi connectivity index (χ0v) is 13.6. The zero-order valence-electron chi connectivity index (χ0n) is 12.8. The second kappa shape index (κ2) is 8.51. The third-order valence-corrected chi connectivity index (χ3v) is 4.75. The van der Waals surface area contributed by atoms with Crippen molar-refractivity contribution in [2.24, 2.45) is 0 Å². The maximum absolute atomic E-state index is 12.0. The highest BCUT2D eigenvalue weighted by Gasteiger charge is 2.15. The van der Waals surface area contributed by atoms with Gasteiger partial charge in [0.2, 0.25) is 10.0 Å². The van der Waals surface area contributed by atoms with Gasteiger partial charge in [0.05, 0.1) is 11.0 Å². The fourth-order valence-corrected chi connectivity index (χ4v) is 2.90. The monoisotopic (exact) mass is 323 g/mol. The van der Waals surface area contributed by atoms with Gasteiger partial charge in [0, 0.05) is 24.6 Å². The summed E-state index contributed by atoms with van der Waals surface area (Å²) in [7, 11) is -3.64. The van der Waals surface area contributed by atoms with Crippen LogP contribution in [0, 0.1) is 11.3 Å². The van der Waals surface area contributed by atoms with Crippen LogP contribution >= 0.6 is 0 Å². The fraction of sp³-hybridized carbons (Fsp3) is 0.467. The molecule has 0 fully saturated rings. The molecule has 0 aromatic heterocycles. The van der Waals surface area contributed by atoms with Gasteiger partial charge >= 0.3 is 0 Å². The molecule has 1 aromatic rings. The van der Waals surface area contributed by atoms with Crippen LogP contribution in [-0.2, 0) is 10.0 Å². The van der Waals surface area contributed by atoms with Crippen molar-refractivity contribution >= 4 is 15.9 Å². The highest BCUT2D eigenvalue weighted by atomic mass is 32.2. The predicted octanol–water partition coefficient (Wildman–Crippen LogP) is 1.80. The molecule has 1 amide bonds. The van der Waals surface area contributed by atoms with Crippen LogP contribution < -0.4 is 10.0 Å². The highest BCUT2D eigenvalue weighted by molar-refractivity contribution is 7.89. The maximum Gasteiger partial charge on any atom is 0.251 e. The van der Waals surface area contributed by atoms with E-state index in [0.717, 1.165) is 12.8 Å². The third-order valence-electron chi connectivity index (χ3n) is 3.28. The number of nitrogens with zero attached hydrogens (tertiary/aromatic N) is 1. The summed E-state index contributed by atoms with van der Waals surface area (Å²) in [6.45, 7) is 4.06. The number of hydrogen-bond donors (Lipinski definition) is 2. The van der Waals surface area contributed by atoms with Gasteiger partial charge in [0.15, 0.2) is 0 Å². The summed E-state index contributed by atoms with van der Waals surface area (Å²) in [4.78, 5) is 12.1. The summed E-state index contributed by atoms with van der Waals surface area (Å²) in [5.41, 5.74) is 0.419. The summed E-state index contributed by atoms with van der Waals surface area (Å²) in [5, 5.41) is 11.3. The van der Waals surface area contributed by atoms with Gasteiger partial charge < -0.3 is 5.32 Å². The molecule has 0 spiro atoms. The van der Waals surface area contributed by atoms with Gasteiger partial charge in [-0.25, -0.2) is 13.1 Å². The largest absolute Gasteiger partial charge is 0.349 e. The number of benzene rings is 1. The molecule has 0 aliphatic rings. The number of nitriles is 1. The Balaban J connectivity index is 2.78. The van der Waals surface area contributed by atoms with E-state index in [-0.39, 0.29) is 29.8 Å². The third kappa shape index (κ3) is 5.13. The number of carbonyl (C=O) groups is 1. The van der Waals surface area contributed by atoms with E-state index in [1.807, 2.05) is 19.9 Å². The molecule has 7 heteroatoms. The molecule has 22 heavy (non-hydrogen) atoms. The number of nitrogens with one attached hydrogen (secondary N) is 2. The van der Waals surface area contributed by atoms with E-state index >= 15 is 0 Å². The lowest BCUT2D eigenvalue weighted by atomic mass is 10.1. The molecule has 6 nitrogen and oxygen atoms in total. The van der Waals surface area contributed by atoms with Crippen LogP contribution in [-0.4, -0.2) is 26.9 Å². The van der Waals surface area contributed by atoms with Gasteiger partial charge in [-0.2, -0.15) is 5.26 Å². The van der Waals surface area contributed by atoms with E-state index in [2.05, 4.69) is 10.0 Å². The zero-order chi connectivity index (χ0) is 16.6. The minimum atomic E-state index is -3.64. The van der Waals surface area contributed by atoms with Gasteiger partial charge in [0.25, 0.3) is 5.91 Å². The first-order valence-electron chi connectivity index (χ1n) is 7.22. The topological polar surface area (TPSA) is 99.1 Å². The van der Waals surface area contributed by atoms with Gasteiger partial charge in [0.1, 0.15) is 0 Å². The average Bonchev–Trinajstić information content (AvgIpc) is 2.52. The first-order valence-corrected chi connectivity index (χ1v) is 8.70. The predicted molar refractivity (Wildman–Crippen MR) is 83.7 cm³/mol. The minimum absolute atomic E-state index is 0.0652. The Hall–Kier alpha value is -1.91. The standard InChI is InChI=1S/C15H21N3O3S/c1-3-13(4-2)18-15(19)12-6-8-14(9-7-12)22(20,21)17-11-5-10-16/h6-9,13,17H,3-5,11H2,1-2H3,(H,18,19). The second-order valence-electron chi connectivity index (χ2n) is 4.82. The molecule has 0 unspecified atom stereocenters. The van der Waals surface area contributed by atoms with Crippen LogP contribution in [0.3, 0.4) is 0 Å².